The summed E-state index contributed by atoms with van der Waals surface area (Å²) in [5, 5.41) is 3.47. The maximum atomic E-state index is 13.0. The molecule has 4 rings (SSSR count). The van der Waals surface area contributed by atoms with Crippen molar-refractivity contribution in [1.29, 1.82) is 0 Å². The molecule has 1 amide bonds. The van der Waals surface area contributed by atoms with Crippen LogP contribution in [0.2, 0.25) is 0 Å². The first-order chi connectivity index (χ1) is 15.9. The normalized spacial score (nSPS) is 16.4. The lowest BCUT2D eigenvalue weighted by molar-refractivity contribution is 0.0992. The minimum atomic E-state index is -0.332. The highest BCUT2D eigenvalue weighted by atomic mass is 19.1. The topological polar surface area (TPSA) is 57.7 Å². The van der Waals surface area contributed by atoms with Gasteiger partial charge >= 0.3 is 0 Å². The van der Waals surface area contributed by atoms with Crippen molar-refractivity contribution in [3.63, 3.8) is 0 Å². The molecular weight excluding hydrogens is 419 g/mol. The van der Waals surface area contributed by atoms with Crippen LogP contribution in [0.5, 0.6) is 11.6 Å². The fourth-order valence-electron chi connectivity index (χ4n) is 3.96. The van der Waals surface area contributed by atoms with Gasteiger partial charge in [0, 0.05) is 57.2 Å². The van der Waals surface area contributed by atoms with E-state index in [1.54, 1.807) is 24.1 Å². The van der Waals surface area contributed by atoms with Crippen LogP contribution in [-0.4, -0.2) is 48.5 Å². The fraction of sp³-hybridized carbons (Fsp3) is 0.308. The van der Waals surface area contributed by atoms with Crippen molar-refractivity contribution in [3.05, 3.63) is 83.3 Å². The number of nitrogens with zero attached hydrogens (tertiary/aromatic N) is 3. The van der Waals surface area contributed by atoms with E-state index >= 15 is 0 Å². The zero-order chi connectivity index (χ0) is 23.4. The summed E-state index contributed by atoms with van der Waals surface area (Å²) >= 11 is 0. The van der Waals surface area contributed by atoms with Crippen LogP contribution >= 0.6 is 0 Å². The Morgan fingerprint density at radius 1 is 1.21 bits per heavy atom. The molecule has 1 aliphatic rings. The molecule has 7 heteroatoms. The van der Waals surface area contributed by atoms with Gasteiger partial charge in [0.2, 0.25) is 5.88 Å². The number of pyridine rings is 1. The van der Waals surface area contributed by atoms with Gasteiger partial charge in [-0.15, -0.1) is 0 Å². The SMILES string of the molecule is Cc1cc(N(C)C(=O)c2ccc(Oc3ccc(F)cc3)nc2)ccc1CN1CCN[C@@H](C)C1. The number of rotatable bonds is 6. The van der Waals surface area contributed by atoms with Crippen LogP contribution in [0.1, 0.15) is 28.4 Å². The number of anilines is 1. The molecule has 1 aromatic heterocycles. The number of nitrogens with one attached hydrogen (secondary N) is 1. The summed E-state index contributed by atoms with van der Waals surface area (Å²) in [6, 6.07) is 15.7. The number of benzene rings is 2. The average Bonchev–Trinajstić information content (AvgIpc) is 2.81. The van der Waals surface area contributed by atoms with Gasteiger partial charge in [-0.3, -0.25) is 9.69 Å². The molecule has 0 saturated carbocycles. The van der Waals surface area contributed by atoms with E-state index in [9.17, 15) is 9.18 Å². The molecule has 172 valence electrons. The minimum absolute atomic E-state index is 0.154. The smallest absolute Gasteiger partial charge is 0.259 e. The van der Waals surface area contributed by atoms with Crippen LogP contribution in [0.15, 0.2) is 60.8 Å². The van der Waals surface area contributed by atoms with Crippen LogP contribution in [-0.2, 0) is 6.54 Å². The quantitative estimate of drug-likeness (QED) is 0.606. The van der Waals surface area contributed by atoms with Crippen molar-refractivity contribution in [3.8, 4) is 11.6 Å². The molecule has 0 unspecified atom stereocenters. The number of halogens is 1. The van der Waals surface area contributed by atoms with Crippen molar-refractivity contribution in [2.75, 3.05) is 31.6 Å². The van der Waals surface area contributed by atoms with Gasteiger partial charge in [0.25, 0.3) is 5.91 Å². The summed E-state index contributed by atoms with van der Waals surface area (Å²) in [7, 11) is 1.76. The predicted octanol–water partition coefficient (Wildman–Crippen LogP) is 4.39. The monoisotopic (exact) mass is 448 g/mol. The van der Waals surface area contributed by atoms with Gasteiger partial charge in [0.05, 0.1) is 5.56 Å². The molecule has 1 fully saturated rings. The van der Waals surface area contributed by atoms with Gasteiger partial charge in [0.1, 0.15) is 11.6 Å². The number of hydrogen-bond donors (Lipinski definition) is 1. The fourth-order valence-corrected chi connectivity index (χ4v) is 3.96. The van der Waals surface area contributed by atoms with E-state index in [0.717, 1.165) is 31.9 Å². The molecule has 1 atom stereocenters. The van der Waals surface area contributed by atoms with E-state index in [-0.39, 0.29) is 11.7 Å². The van der Waals surface area contributed by atoms with Crippen molar-refractivity contribution < 1.29 is 13.9 Å². The van der Waals surface area contributed by atoms with Crippen molar-refractivity contribution in [2.24, 2.45) is 0 Å². The minimum Gasteiger partial charge on any atom is -0.439 e. The second-order valence-electron chi connectivity index (χ2n) is 8.51. The average molecular weight is 449 g/mol. The highest BCUT2D eigenvalue weighted by molar-refractivity contribution is 6.05. The molecule has 0 spiro atoms. The van der Waals surface area contributed by atoms with Crippen LogP contribution in [0, 0.1) is 12.7 Å². The standard InChI is InChI=1S/C26H29FN4O2/c1-18-14-23(8-4-21(18)17-31-13-12-28-19(2)16-31)30(3)26(32)20-5-11-25(29-15-20)33-24-9-6-22(27)7-10-24/h4-11,14-15,19,28H,12-13,16-17H2,1-3H3/t19-/m0/s1. The Balaban J connectivity index is 1.40. The van der Waals surface area contributed by atoms with Gasteiger partial charge in [-0.2, -0.15) is 0 Å². The van der Waals surface area contributed by atoms with E-state index in [4.69, 9.17) is 4.74 Å². The Morgan fingerprint density at radius 3 is 2.67 bits per heavy atom. The number of hydrogen-bond acceptors (Lipinski definition) is 5. The summed E-state index contributed by atoms with van der Waals surface area (Å²) in [6.45, 7) is 8.29. The first-order valence-electron chi connectivity index (χ1n) is 11.1. The molecule has 0 radical (unpaired) electrons. The van der Waals surface area contributed by atoms with Gasteiger partial charge in [0.15, 0.2) is 0 Å². The van der Waals surface area contributed by atoms with Crippen LogP contribution in [0.25, 0.3) is 0 Å². The first-order valence-corrected chi connectivity index (χ1v) is 11.1. The molecule has 1 N–H and O–H groups in total. The van der Waals surface area contributed by atoms with Gasteiger partial charge in [-0.1, -0.05) is 6.07 Å². The second kappa shape index (κ2) is 10.1. The summed E-state index contributed by atoms with van der Waals surface area (Å²) in [4.78, 5) is 21.3. The largest absolute Gasteiger partial charge is 0.439 e. The molecule has 0 bridgehead atoms. The lowest BCUT2D eigenvalue weighted by Crippen LogP contribution is -2.48. The first kappa shape index (κ1) is 22.9. The molecular formula is C26H29FN4O2. The molecule has 6 nitrogen and oxygen atoms in total. The van der Waals surface area contributed by atoms with E-state index in [1.807, 2.05) is 6.07 Å². The lowest BCUT2D eigenvalue weighted by Gasteiger charge is -2.32. The van der Waals surface area contributed by atoms with Gasteiger partial charge in [-0.25, -0.2) is 9.37 Å². The summed E-state index contributed by atoms with van der Waals surface area (Å²) in [6.07, 6.45) is 1.49. The summed E-state index contributed by atoms with van der Waals surface area (Å²) in [5.41, 5.74) is 3.74. The van der Waals surface area contributed by atoms with Crippen LogP contribution in [0.4, 0.5) is 10.1 Å². The lowest BCUT2D eigenvalue weighted by atomic mass is 10.1. The zero-order valence-corrected chi connectivity index (χ0v) is 19.2. The molecule has 2 heterocycles. The second-order valence-corrected chi connectivity index (χ2v) is 8.51. The van der Waals surface area contributed by atoms with E-state index < -0.39 is 0 Å². The van der Waals surface area contributed by atoms with Gasteiger partial charge < -0.3 is 15.0 Å². The zero-order valence-electron chi connectivity index (χ0n) is 19.2. The van der Waals surface area contributed by atoms with E-state index in [0.29, 0.717) is 23.2 Å². The van der Waals surface area contributed by atoms with Crippen LogP contribution < -0.4 is 15.0 Å². The van der Waals surface area contributed by atoms with Crippen molar-refractivity contribution in [1.82, 2.24) is 15.2 Å². The molecule has 0 aliphatic carbocycles. The highest BCUT2D eigenvalue weighted by Gasteiger charge is 2.18. The number of piperazine rings is 1. The summed E-state index contributed by atoms with van der Waals surface area (Å²) < 4.78 is 18.6. The predicted molar refractivity (Wildman–Crippen MR) is 127 cm³/mol. The number of ether oxygens (including phenoxy) is 1. The van der Waals surface area contributed by atoms with Crippen molar-refractivity contribution >= 4 is 11.6 Å². The van der Waals surface area contributed by atoms with E-state index in [1.165, 1.54) is 41.6 Å². The number of amides is 1. The number of aromatic nitrogens is 1. The third-order valence-corrected chi connectivity index (χ3v) is 5.88. The number of carbonyl (C=O) groups excluding carboxylic acids is 1. The van der Waals surface area contributed by atoms with Crippen LogP contribution in [0.3, 0.4) is 0 Å². The molecule has 2 aromatic carbocycles. The summed E-state index contributed by atoms with van der Waals surface area (Å²) in [5.74, 6) is 0.328. The highest BCUT2D eigenvalue weighted by Crippen LogP contribution is 2.23. The Labute approximate surface area is 194 Å². The van der Waals surface area contributed by atoms with Gasteiger partial charge in [-0.05, 0) is 67.4 Å². The Bertz CT molecular complexity index is 1100. The third-order valence-electron chi connectivity index (χ3n) is 5.88. The molecule has 3 aromatic rings. The number of carbonyl (C=O) groups is 1. The Kier molecular flexibility index (Phi) is 7.01. The van der Waals surface area contributed by atoms with Crippen molar-refractivity contribution in [2.45, 2.75) is 26.4 Å². The molecule has 1 saturated heterocycles. The third kappa shape index (κ3) is 5.74. The molecule has 1 aliphatic heterocycles. The maximum Gasteiger partial charge on any atom is 0.259 e. The Hall–Kier alpha value is -3.29. The molecule has 33 heavy (non-hydrogen) atoms. The Morgan fingerprint density at radius 2 is 2.00 bits per heavy atom. The maximum absolute atomic E-state index is 13.0. The number of aryl methyl sites for hydroxylation is 1. The van der Waals surface area contributed by atoms with E-state index in [2.05, 4.69) is 41.2 Å².